The number of hydrogen-bond donors (Lipinski definition) is 0. The van der Waals surface area contributed by atoms with Gasteiger partial charge < -0.3 is 4.42 Å². The highest BCUT2D eigenvalue weighted by Crippen LogP contribution is 2.39. The lowest BCUT2D eigenvalue weighted by molar-refractivity contribution is 0.673. The second-order valence-electron chi connectivity index (χ2n) is 5.81. The summed E-state index contributed by atoms with van der Waals surface area (Å²) in [6.45, 7) is 0. The van der Waals surface area contributed by atoms with Gasteiger partial charge in [0, 0.05) is 16.2 Å². The van der Waals surface area contributed by atoms with E-state index in [1.807, 2.05) is 6.07 Å². The van der Waals surface area contributed by atoms with Crippen molar-refractivity contribution in [3.8, 4) is 11.1 Å². The standard InChI is InChI=1S/C22H14O/c1-2-7-15(8-3-1)17-11-6-12-20-21(17)19-14-13-16-9-4-5-10-18(16)22(19)23-20/h1-14H. The van der Waals surface area contributed by atoms with Gasteiger partial charge in [0.1, 0.15) is 11.2 Å². The fourth-order valence-corrected chi connectivity index (χ4v) is 3.41. The normalized spacial score (nSPS) is 11.5. The quantitative estimate of drug-likeness (QED) is 0.348. The second kappa shape index (κ2) is 4.72. The van der Waals surface area contributed by atoms with Crippen LogP contribution in [-0.2, 0) is 0 Å². The first-order chi connectivity index (χ1) is 11.4. The second-order valence-corrected chi connectivity index (χ2v) is 5.81. The molecule has 0 radical (unpaired) electrons. The minimum absolute atomic E-state index is 0.942. The first-order valence-electron chi connectivity index (χ1n) is 7.80. The Morgan fingerprint density at radius 3 is 2.30 bits per heavy atom. The Balaban J connectivity index is 1.97. The van der Waals surface area contributed by atoms with Crippen LogP contribution in [0.5, 0.6) is 0 Å². The molecule has 0 aliphatic heterocycles. The lowest BCUT2D eigenvalue weighted by Crippen LogP contribution is -1.79. The molecule has 1 aromatic heterocycles. The van der Waals surface area contributed by atoms with Gasteiger partial charge in [-0.2, -0.15) is 0 Å². The van der Waals surface area contributed by atoms with Gasteiger partial charge in [-0.15, -0.1) is 0 Å². The molecular weight excluding hydrogens is 280 g/mol. The van der Waals surface area contributed by atoms with Crippen molar-refractivity contribution in [3.05, 3.63) is 84.9 Å². The van der Waals surface area contributed by atoms with Crippen LogP contribution in [0.3, 0.4) is 0 Å². The van der Waals surface area contributed by atoms with E-state index < -0.39 is 0 Å². The van der Waals surface area contributed by atoms with Crippen molar-refractivity contribution in [2.45, 2.75) is 0 Å². The van der Waals surface area contributed by atoms with Gasteiger partial charge in [-0.05, 0) is 28.6 Å². The Bertz CT molecular complexity index is 1150. The minimum atomic E-state index is 0.942. The first kappa shape index (κ1) is 12.5. The molecule has 0 atom stereocenters. The summed E-state index contributed by atoms with van der Waals surface area (Å²) in [5, 5.41) is 4.75. The fourth-order valence-electron chi connectivity index (χ4n) is 3.41. The molecule has 0 aliphatic carbocycles. The van der Waals surface area contributed by atoms with E-state index in [1.54, 1.807) is 0 Å². The Morgan fingerprint density at radius 1 is 0.565 bits per heavy atom. The van der Waals surface area contributed by atoms with Crippen LogP contribution in [-0.4, -0.2) is 0 Å². The molecule has 1 nitrogen and oxygen atoms in total. The summed E-state index contributed by atoms with van der Waals surface area (Å²) in [6, 6.07) is 29.5. The van der Waals surface area contributed by atoms with Gasteiger partial charge in [0.15, 0.2) is 0 Å². The molecule has 0 amide bonds. The maximum atomic E-state index is 6.23. The number of rotatable bonds is 1. The summed E-state index contributed by atoms with van der Waals surface area (Å²) in [7, 11) is 0. The van der Waals surface area contributed by atoms with Crippen LogP contribution in [0.25, 0.3) is 43.8 Å². The van der Waals surface area contributed by atoms with E-state index in [4.69, 9.17) is 4.42 Å². The molecule has 5 rings (SSSR count). The van der Waals surface area contributed by atoms with Crippen LogP contribution in [0.2, 0.25) is 0 Å². The van der Waals surface area contributed by atoms with Crippen molar-refractivity contribution in [2.75, 3.05) is 0 Å². The number of fused-ring (bicyclic) bond motifs is 5. The van der Waals surface area contributed by atoms with Gasteiger partial charge in [-0.1, -0.05) is 72.8 Å². The van der Waals surface area contributed by atoms with Crippen molar-refractivity contribution >= 4 is 32.7 Å². The van der Waals surface area contributed by atoms with Crippen LogP contribution in [0, 0.1) is 0 Å². The average Bonchev–Trinajstić information content (AvgIpc) is 3.01. The van der Waals surface area contributed by atoms with E-state index in [9.17, 15) is 0 Å². The lowest BCUT2D eigenvalue weighted by Gasteiger charge is -2.03. The zero-order valence-corrected chi connectivity index (χ0v) is 12.5. The van der Waals surface area contributed by atoms with Gasteiger partial charge in [0.2, 0.25) is 0 Å². The first-order valence-corrected chi connectivity index (χ1v) is 7.80. The van der Waals surface area contributed by atoms with E-state index in [0.717, 1.165) is 11.2 Å². The van der Waals surface area contributed by atoms with Crippen LogP contribution in [0.1, 0.15) is 0 Å². The summed E-state index contributed by atoms with van der Waals surface area (Å²) in [5.74, 6) is 0. The highest BCUT2D eigenvalue weighted by molar-refractivity contribution is 6.18. The third kappa shape index (κ3) is 1.80. The summed E-state index contributed by atoms with van der Waals surface area (Å²) in [4.78, 5) is 0. The van der Waals surface area contributed by atoms with Crippen LogP contribution in [0.15, 0.2) is 89.3 Å². The SMILES string of the molecule is c1ccc(-c2cccc3oc4c5ccccc5ccc4c23)cc1. The van der Waals surface area contributed by atoms with Crippen molar-refractivity contribution in [1.29, 1.82) is 0 Å². The molecule has 0 spiro atoms. The van der Waals surface area contributed by atoms with E-state index in [2.05, 4.69) is 78.9 Å². The van der Waals surface area contributed by atoms with Gasteiger partial charge in [0.05, 0.1) is 0 Å². The Hall–Kier alpha value is -3.06. The molecule has 4 aromatic carbocycles. The predicted octanol–water partition coefficient (Wildman–Crippen LogP) is 6.41. The van der Waals surface area contributed by atoms with Crippen molar-refractivity contribution in [2.24, 2.45) is 0 Å². The third-order valence-electron chi connectivity index (χ3n) is 4.47. The van der Waals surface area contributed by atoms with E-state index in [0.29, 0.717) is 0 Å². The average molecular weight is 294 g/mol. The molecular formula is C22H14O. The molecule has 23 heavy (non-hydrogen) atoms. The summed E-state index contributed by atoms with van der Waals surface area (Å²) >= 11 is 0. The topological polar surface area (TPSA) is 13.1 Å². The zero-order chi connectivity index (χ0) is 15.2. The number of hydrogen-bond acceptors (Lipinski definition) is 1. The summed E-state index contributed by atoms with van der Waals surface area (Å²) in [5.41, 5.74) is 4.35. The molecule has 0 saturated heterocycles. The smallest absolute Gasteiger partial charge is 0.143 e. The van der Waals surface area contributed by atoms with E-state index in [1.165, 1.54) is 32.7 Å². The van der Waals surface area contributed by atoms with Gasteiger partial charge in [-0.3, -0.25) is 0 Å². The van der Waals surface area contributed by atoms with Gasteiger partial charge in [-0.25, -0.2) is 0 Å². The molecule has 5 aromatic rings. The largest absolute Gasteiger partial charge is 0.455 e. The lowest BCUT2D eigenvalue weighted by atomic mass is 9.98. The van der Waals surface area contributed by atoms with Crippen LogP contribution < -0.4 is 0 Å². The fraction of sp³-hybridized carbons (Fsp3) is 0. The summed E-state index contributed by atoms with van der Waals surface area (Å²) in [6.07, 6.45) is 0. The van der Waals surface area contributed by atoms with Crippen molar-refractivity contribution in [3.63, 3.8) is 0 Å². The summed E-state index contributed by atoms with van der Waals surface area (Å²) < 4.78 is 6.23. The molecule has 1 heterocycles. The third-order valence-corrected chi connectivity index (χ3v) is 4.47. The molecule has 0 saturated carbocycles. The molecule has 0 fully saturated rings. The van der Waals surface area contributed by atoms with E-state index >= 15 is 0 Å². The molecule has 108 valence electrons. The van der Waals surface area contributed by atoms with Crippen LogP contribution >= 0.6 is 0 Å². The van der Waals surface area contributed by atoms with Crippen molar-refractivity contribution in [1.82, 2.24) is 0 Å². The maximum Gasteiger partial charge on any atom is 0.143 e. The molecule has 0 N–H and O–H groups in total. The zero-order valence-electron chi connectivity index (χ0n) is 12.5. The highest BCUT2D eigenvalue weighted by atomic mass is 16.3. The molecule has 0 bridgehead atoms. The van der Waals surface area contributed by atoms with Gasteiger partial charge in [0.25, 0.3) is 0 Å². The number of benzene rings is 4. The van der Waals surface area contributed by atoms with Crippen molar-refractivity contribution < 1.29 is 4.42 Å². The van der Waals surface area contributed by atoms with Crippen LogP contribution in [0.4, 0.5) is 0 Å². The Kier molecular flexibility index (Phi) is 2.56. The Labute approximate surface area is 133 Å². The highest BCUT2D eigenvalue weighted by Gasteiger charge is 2.13. The number of furan rings is 1. The molecule has 1 heteroatoms. The van der Waals surface area contributed by atoms with Gasteiger partial charge >= 0.3 is 0 Å². The maximum absolute atomic E-state index is 6.23. The van der Waals surface area contributed by atoms with E-state index in [-0.39, 0.29) is 0 Å². The Morgan fingerprint density at radius 2 is 1.39 bits per heavy atom. The predicted molar refractivity (Wildman–Crippen MR) is 96.7 cm³/mol. The molecule has 0 aliphatic rings. The molecule has 0 unspecified atom stereocenters. The monoisotopic (exact) mass is 294 g/mol. The minimum Gasteiger partial charge on any atom is -0.455 e.